The van der Waals surface area contributed by atoms with Gasteiger partial charge in [0.05, 0.1) is 12.1 Å². The zero-order valence-corrected chi connectivity index (χ0v) is 20.4. The first-order valence-electron chi connectivity index (χ1n) is 11.6. The highest BCUT2D eigenvalue weighted by Crippen LogP contribution is 2.44. The van der Waals surface area contributed by atoms with Crippen LogP contribution in [0.4, 0.5) is 4.79 Å². The quantitative estimate of drug-likeness (QED) is 0.441. The van der Waals surface area contributed by atoms with Gasteiger partial charge in [-0.05, 0) is 53.5 Å². The smallest absolute Gasteiger partial charge is 0.407 e. The number of carbonyl (C=O) groups is 3. The lowest BCUT2D eigenvalue weighted by Gasteiger charge is -2.37. The van der Waals surface area contributed by atoms with E-state index < -0.39 is 35.7 Å². The van der Waals surface area contributed by atoms with E-state index in [4.69, 9.17) is 9.84 Å². The molecule has 0 bridgehead atoms. The Labute approximate surface area is 208 Å². The molecule has 2 amide bonds. The molecular formula is C26H30N2O6S. The summed E-state index contributed by atoms with van der Waals surface area (Å²) in [7, 11) is 0. The lowest BCUT2D eigenvalue weighted by molar-refractivity contribution is -0.156. The second kappa shape index (κ2) is 10.3. The molecule has 1 fully saturated rings. The average Bonchev–Trinajstić information content (AvgIpc) is 3.15. The minimum Gasteiger partial charge on any atom is -0.479 e. The zero-order valence-electron chi connectivity index (χ0n) is 19.6. The SMILES string of the molecule is CC(O)(CNC(=O)CC1(NC(=O)OCC2c3ccccc3-c3ccccc32)CCSCC1)C(=O)O. The fourth-order valence-electron chi connectivity index (χ4n) is 4.68. The van der Waals surface area contributed by atoms with Crippen molar-refractivity contribution in [2.24, 2.45) is 0 Å². The van der Waals surface area contributed by atoms with Gasteiger partial charge in [-0.25, -0.2) is 9.59 Å². The van der Waals surface area contributed by atoms with Gasteiger partial charge < -0.3 is 25.6 Å². The van der Waals surface area contributed by atoms with Crippen LogP contribution in [0.2, 0.25) is 0 Å². The van der Waals surface area contributed by atoms with Gasteiger partial charge in [0.2, 0.25) is 5.91 Å². The molecule has 1 saturated heterocycles. The Morgan fingerprint density at radius 2 is 1.63 bits per heavy atom. The highest BCUT2D eigenvalue weighted by molar-refractivity contribution is 7.99. The van der Waals surface area contributed by atoms with Crippen molar-refractivity contribution >= 4 is 29.7 Å². The number of thioether (sulfide) groups is 1. The van der Waals surface area contributed by atoms with Gasteiger partial charge >= 0.3 is 12.1 Å². The van der Waals surface area contributed by atoms with E-state index in [-0.39, 0.29) is 18.9 Å². The lowest BCUT2D eigenvalue weighted by Crippen LogP contribution is -2.55. The second-order valence-corrected chi connectivity index (χ2v) is 10.6. The summed E-state index contributed by atoms with van der Waals surface area (Å²) >= 11 is 1.75. The van der Waals surface area contributed by atoms with E-state index in [1.54, 1.807) is 11.8 Å². The fraction of sp³-hybridized carbons (Fsp3) is 0.423. The first kappa shape index (κ1) is 25.1. The molecule has 2 aliphatic rings. The molecule has 1 aliphatic heterocycles. The largest absolute Gasteiger partial charge is 0.479 e. The van der Waals surface area contributed by atoms with Crippen LogP contribution in [-0.2, 0) is 14.3 Å². The Kier molecular flexibility index (Phi) is 7.37. The molecule has 4 rings (SSSR count). The Morgan fingerprint density at radius 3 is 2.20 bits per heavy atom. The van der Waals surface area contributed by atoms with Crippen LogP contribution in [0.5, 0.6) is 0 Å². The normalized spacial score (nSPS) is 18.0. The van der Waals surface area contributed by atoms with E-state index in [9.17, 15) is 19.5 Å². The predicted octanol–water partition coefficient (Wildman–Crippen LogP) is 3.13. The molecule has 0 aromatic heterocycles. The Bertz CT molecular complexity index is 1070. The number of carboxylic acid groups (broad SMARTS) is 1. The number of fused-ring (bicyclic) bond motifs is 3. The van der Waals surface area contributed by atoms with Crippen LogP contribution in [0.3, 0.4) is 0 Å². The number of hydrogen-bond acceptors (Lipinski definition) is 6. The summed E-state index contributed by atoms with van der Waals surface area (Å²) in [5.74, 6) is -0.351. The Hall–Kier alpha value is -3.04. The number of hydrogen-bond donors (Lipinski definition) is 4. The molecule has 0 spiro atoms. The summed E-state index contributed by atoms with van der Waals surface area (Å²) in [5, 5.41) is 24.3. The van der Waals surface area contributed by atoms with Crippen molar-refractivity contribution in [1.29, 1.82) is 0 Å². The van der Waals surface area contributed by atoms with Gasteiger partial charge in [-0.1, -0.05) is 48.5 Å². The fourth-order valence-corrected chi connectivity index (χ4v) is 5.95. The standard InChI is InChI=1S/C26H30N2O6S/c1-25(33,23(30)31)16-27-22(29)14-26(10-12-35-13-11-26)28-24(32)34-15-21-19-8-4-2-6-17(19)18-7-3-5-9-20(18)21/h2-9,21,33H,10-16H2,1H3,(H,27,29)(H,28,32)(H,30,31). The van der Waals surface area contributed by atoms with Crippen LogP contribution in [-0.4, -0.2) is 64.0 Å². The van der Waals surface area contributed by atoms with Crippen molar-refractivity contribution < 1.29 is 29.3 Å². The van der Waals surface area contributed by atoms with Gasteiger partial charge in [0.15, 0.2) is 5.60 Å². The highest BCUT2D eigenvalue weighted by Gasteiger charge is 2.38. The maximum atomic E-state index is 12.9. The lowest BCUT2D eigenvalue weighted by atomic mass is 9.88. The van der Waals surface area contributed by atoms with Crippen LogP contribution >= 0.6 is 11.8 Å². The molecule has 1 aliphatic carbocycles. The van der Waals surface area contributed by atoms with Gasteiger partial charge in [0.1, 0.15) is 6.61 Å². The van der Waals surface area contributed by atoms with E-state index in [0.717, 1.165) is 40.7 Å². The number of nitrogens with one attached hydrogen (secondary N) is 2. The van der Waals surface area contributed by atoms with Crippen molar-refractivity contribution in [3.63, 3.8) is 0 Å². The molecule has 0 radical (unpaired) electrons. The topological polar surface area (TPSA) is 125 Å². The number of carboxylic acids is 1. The number of ether oxygens (including phenoxy) is 1. The van der Waals surface area contributed by atoms with Gasteiger partial charge in [-0.2, -0.15) is 11.8 Å². The molecule has 1 atom stereocenters. The van der Waals surface area contributed by atoms with E-state index in [1.165, 1.54) is 0 Å². The summed E-state index contributed by atoms with van der Waals surface area (Å²) in [4.78, 5) is 36.6. The summed E-state index contributed by atoms with van der Waals surface area (Å²) in [6, 6.07) is 16.2. The minimum atomic E-state index is -2.06. The number of aliphatic carboxylic acids is 1. The van der Waals surface area contributed by atoms with Crippen molar-refractivity contribution in [2.75, 3.05) is 24.7 Å². The van der Waals surface area contributed by atoms with Crippen LogP contribution < -0.4 is 10.6 Å². The summed E-state index contributed by atoms with van der Waals surface area (Å²) < 4.78 is 5.69. The molecule has 9 heteroatoms. The Balaban J connectivity index is 1.40. The van der Waals surface area contributed by atoms with Crippen molar-refractivity contribution in [1.82, 2.24) is 10.6 Å². The van der Waals surface area contributed by atoms with Gasteiger partial charge in [0.25, 0.3) is 0 Å². The average molecular weight is 499 g/mol. The number of benzene rings is 2. The van der Waals surface area contributed by atoms with Crippen LogP contribution in [0.25, 0.3) is 11.1 Å². The minimum absolute atomic E-state index is 0.0204. The number of carbonyl (C=O) groups excluding carboxylic acids is 2. The molecule has 2 aromatic carbocycles. The third-order valence-corrected chi connectivity index (χ3v) is 7.74. The Morgan fingerprint density at radius 1 is 1.06 bits per heavy atom. The molecule has 186 valence electrons. The number of alkyl carbamates (subject to hydrolysis) is 1. The molecule has 4 N–H and O–H groups in total. The van der Waals surface area contributed by atoms with Gasteiger partial charge in [-0.3, -0.25) is 4.79 Å². The van der Waals surface area contributed by atoms with Gasteiger partial charge in [0, 0.05) is 12.3 Å². The first-order valence-corrected chi connectivity index (χ1v) is 12.8. The van der Waals surface area contributed by atoms with Crippen LogP contribution in [0, 0.1) is 0 Å². The van der Waals surface area contributed by atoms with E-state index in [0.29, 0.717) is 12.8 Å². The molecule has 0 saturated carbocycles. The zero-order chi connectivity index (χ0) is 25.1. The van der Waals surface area contributed by atoms with Crippen molar-refractivity contribution in [3.05, 3.63) is 59.7 Å². The second-order valence-electron chi connectivity index (χ2n) is 9.38. The summed E-state index contributed by atoms with van der Waals surface area (Å²) in [6.45, 7) is 0.882. The molecule has 35 heavy (non-hydrogen) atoms. The van der Waals surface area contributed by atoms with E-state index >= 15 is 0 Å². The summed E-state index contributed by atoms with van der Waals surface area (Å²) in [5.41, 5.74) is 1.68. The third kappa shape index (κ3) is 5.62. The van der Waals surface area contributed by atoms with E-state index in [1.807, 2.05) is 24.3 Å². The monoisotopic (exact) mass is 498 g/mol. The van der Waals surface area contributed by atoms with Crippen LogP contribution in [0.15, 0.2) is 48.5 Å². The number of rotatable bonds is 8. The first-order chi connectivity index (χ1) is 16.7. The molecule has 8 nitrogen and oxygen atoms in total. The highest BCUT2D eigenvalue weighted by atomic mass is 32.2. The molecule has 1 heterocycles. The molecule has 2 aromatic rings. The summed E-state index contributed by atoms with van der Waals surface area (Å²) in [6.07, 6.45) is 0.576. The van der Waals surface area contributed by atoms with E-state index in [2.05, 4.69) is 34.9 Å². The molecular weight excluding hydrogens is 468 g/mol. The third-order valence-electron chi connectivity index (χ3n) is 6.75. The predicted molar refractivity (Wildman–Crippen MR) is 133 cm³/mol. The van der Waals surface area contributed by atoms with Crippen molar-refractivity contribution in [2.45, 2.75) is 43.2 Å². The van der Waals surface area contributed by atoms with Crippen molar-refractivity contribution in [3.8, 4) is 11.1 Å². The van der Waals surface area contributed by atoms with Gasteiger partial charge in [-0.15, -0.1) is 0 Å². The molecule has 1 unspecified atom stereocenters. The maximum Gasteiger partial charge on any atom is 0.407 e. The van der Waals surface area contributed by atoms with Crippen LogP contribution in [0.1, 0.15) is 43.2 Å². The number of amides is 2. The number of aliphatic hydroxyl groups is 1. The maximum absolute atomic E-state index is 12.9.